The number of nitrogens with one attached hydrogen (secondary N) is 2. The summed E-state index contributed by atoms with van der Waals surface area (Å²) in [5.41, 5.74) is 2.58. The molecule has 136 valence electrons. The number of carbonyl (C=O) groups excluding carboxylic acids is 2. The number of benzene rings is 2. The van der Waals surface area contributed by atoms with Crippen LogP contribution in [0.25, 0.3) is 0 Å². The van der Waals surface area contributed by atoms with E-state index in [2.05, 4.69) is 17.6 Å². The van der Waals surface area contributed by atoms with Crippen molar-refractivity contribution in [2.45, 2.75) is 13.3 Å². The molecule has 0 aromatic heterocycles. The van der Waals surface area contributed by atoms with Crippen LogP contribution in [0.5, 0.6) is 0 Å². The van der Waals surface area contributed by atoms with Crippen LogP contribution >= 0.6 is 11.6 Å². The van der Waals surface area contributed by atoms with E-state index in [9.17, 15) is 9.59 Å². The Hall–Kier alpha value is -2.53. The Morgan fingerprint density at radius 2 is 1.85 bits per heavy atom. The van der Waals surface area contributed by atoms with Gasteiger partial charge in [-0.1, -0.05) is 24.6 Å². The summed E-state index contributed by atoms with van der Waals surface area (Å²) in [6.07, 6.45) is 0.925. The third-order valence-corrected chi connectivity index (χ3v) is 4.76. The van der Waals surface area contributed by atoms with Gasteiger partial charge in [0, 0.05) is 36.3 Å². The minimum Gasteiger partial charge on any atom is -0.376 e. The van der Waals surface area contributed by atoms with Crippen LogP contribution < -0.4 is 15.5 Å². The first kappa shape index (κ1) is 18.3. The van der Waals surface area contributed by atoms with Gasteiger partial charge in [-0.15, -0.1) is 0 Å². The maximum atomic E-state index is 12.7. The second-order valence-corrected chi connectivity index (χ2v) is 7.34. The van der Waals surface area contributed by atoms with Crippen LogP contribution in [0.2, 0.25) is 5.02 Å². The zero-order chi connectivity index (χ0) is 18.8. The van der Waals surface area contributed by atoms with Gasteiger partial charge < -0.3 is 15.5 Å². The van der Waals surface area contributed by atoms with E-state index >= 15 is 0 Å². The quantitative estimate of drug-likeness (QED) is 0.825. The Morgan fingerprint density at radius 1 is 1.12 bits per heavy atom. The predicted octanol–water partition coefficient (Wildman–Crippen LogP) is 4.25. The summed E-state index contributed by atoms with van der Waals surface area (Å²) in [6.45, 7) is 2.06. The van der Waals surface area contributed by atoms with E-state index in [0.29, 0.717) is 27.9 Å². The summed E-state index contributed by atoms with van der Waals surface area (Å²) >= 11 is 6.06. The second kappa shape index (κ2) is 7.38. The summed E-state index contributed by atoms with van der Waals surface area (Å²) < 4.78 is 0. The lowest BCUT2D eigenvalue weighted by Gasteiger charge is -2.18. The van der Waals surface area contributed by atoms with Gasteiger partial charge in [-0.25, -0.2) is 0 Å². The molecule has 1 aliphatic carbocycles. The van der Waals surface area contributed by atoms with Crippen molar-refractivity contribution in [3.63, 3.8) is 0 Å². The summed E-state index contributed by atoms with van der Waals surface area (Å²) in [7, 11) is 3.79. The largest absolute Gasteiger partial charge is 0.376 e. The summed E-state index contributed by atoms with van der Waals surface area (Å²) in [5.74, 6) is 0.279. The van der Waals surface area contributed by atoms with Crippen LogP contribution in [0.1, 0.15) is 23.7 Å². The molecule has 0 heterocycles. The molecule has 1 aliphatic rings. The lowest BCUT2D eigenvalue weighted by atomic mass is 10.1. The third kappa shape index (κ3) is 4.17. The molecule has 2 N–H and O–H groups in total. The lowest BCUT2D eigenvalue weighted by Crippen LogP contribution is -2.18. The number of rotatable bonds is 5. The standard InChI is InChI=1S/C20H22ClN3O2/c1-12-9-16(12)20(26)22-15-6-4-5-13(10-15)19(25)23-17-11-14(21)7-8-18(17)24(2)3/h4-8,10-12,16H,9H2,1-3H3,(H,22,26)(H,23,25). The van der Waals surface area contributed by atoms with Gasteiger partial charge >= 0.3 is 0 Å². The molecule has 2 aromatic carbocycles. The molecule has 0 bridgehead atoms. The van der Waals surface area contributed by atoms with Crippen LogP contribution in [-0.4, -0.2) is 25.9 Å². The van der Waals surface area contributed by atoms with Gasteiger partial charge in [0.1, 0.15) is 0 Å². The van der Waals surface area contributed by atoms with Crippen LogP contribution in [0.3, 0.4) is 0 Å². The minimum absolute atomic E-state index is 0.0137. The fraction of sp³-hybridized carbons (Fsp3) is 0.300. The highest BCUT2D eigenvalue weighted by Crippen LogP contribution is 2.38. The van der Waals surface area contributed by atoms with Gasteiger partial charge in [-0.05, 0) is 48.7 Å². The monoisotopic (exact) mass is 371 g/mol. The van der Waals surface area contributed by atoms with Crippen molar-refractivity contribution in [3.8, 4) is 0 Å². The highest BCUT2D eigenvalue weighted by Gasteiger charge is 2.39. The smallest absolute Gasteiger partial charge is 0.255 e. The van der Waals surface area contributed by atoms with Crippen molar-refractivity contribution in [1.29, 1.82) is 0 Å². The minimum atomic E-state index is -0.258. The predicted molar refractivity (Wildman–Crippen MR) is 106 cm³/mol. The van der Waals surface area contributed by atoms with E-state index in [1.54, 1.807) is 36.4 Å². The Bertz CT molecular complexity index is 851. The van der Waals surface area contributed by atoms with Gasteiger partial charge in [-0.3, -0.25) is 9.59 Å². The summed E-state index contributed by atoms with van der Waals surface area (Å²) in [6, 6.07) is 12.3. The van der Waals surface area contributed by atoms with E-state index < -0.39 is 0 Å². The maximum absolute atomic E-state index is 12.7. The highest BCUT2D eigenvalue weighted by atomic mass is 35.5. The molecule has 2 unspecified atom stereocenters. The van der Waals surface area contributed by atoms with Gasteiger partial charge in [0.05, 0.1) is 11.4 Å². The first-order chi connectivity index (χ1) is 12.3. The van der Waals surface area contributed by atoms with Crippen LogP contribution in [0.15, 0.2) is 42.5 Å². The van der Waals surface area contributed by atoms with E-state index in [-0.39, 0.29) is 17.7 Å². The van der Waals surface area contributed by atoms with Crippen molar-refractivity contribution in [2.24, 2.45) is 11.8 Å². The van der Waals surface area contributed by atoms with Crippen molar-refractivity contribution in [3.05, 3.63) is 53.1 Å². The summed E-state index contributed by atoms with van der Waals surface area (Å²) in [4.78, 5) is 26.6. The molecule has 1 saturated carbocycles. The Kier molecular flexibility index (Phi) is 5.18. The average molecular weight is 372 g/mol. The second-order valence-electron chi connectivity index (χ2n) is 6.90. The van der Waals surface area contributed by atoms with Crippen molar-refractivity contribution in [2.75, 3.05) is 29.6 Å². The van der Waals surface area contributed by atoms with Gasteiger partial charge in [0.2, 0.25) is 5.91 Å². The number of nitrogens with zero attached hydrogens (tertiary/aromatic N) is 1. The number of hydrogen-bond donors (Lipinski definition) is 2. The number of hydrogen-bond acceptors (Lipinski definition) is 3. The number of carbonyl (C=O) groups is 2. The van der Waals surface area contributed by atoms with Gasteiger partial charge in [0.25, 0.3) is 5.91 Å². The zero-order valence-corrected chi connectivity index (χ0v) is 15.8. The van der Waals surface area contributed by atoms with Crippen molar-refractivity contribution >= 4 is 40.5 Å². The molecular formula is C20H22ClN3O2. The molecule has 26 heavy (non-hydrogen) atoms. The molecule has 2 atom stereocenters. The Labute approximate surface area is 158 Å². The van der Waals surface area contributed by atoms with Crippen LogP contribution in [0, 0.1) is 11.8 Å². The molecule has 3 rings (SSSR count). The third-order valence-electron chi connectivity index (χ3n) is 4.53. The molecule has 0 spiro atoms. The van der Waals surface area contributed by atoms with Crippen molar-refractivity contribution < 1.29 is 9.59 Å². The Balaban J connectivity index is 1.75. The Morgan fingerprint density at radius 3 is 2.50 bits per heavy atom. The normalized spacial score (nSPS) is 18.2. The van der Waals surface area contributed by atoms with Crippen LogP contribution in [0.4, 0.5) is 17.1 Å². The number of amides is 2. The lowest BCUT2D eigenvalue weighted by molar-refractivity contribution is -0.117. The highest BCUT2D eigenvalue weighted by molar-refractivity contribution is 6.31. The average Bonchev–Trinajstić information content (AvgIpc) is 3.32. The molecule has 2 amide bonds. The van der Waals surface area contributed by atoms with E-state index in [1.807, 2.05) is 25.1 Å². The molecule has 0 radical (unpaired) electrons. The first-order valence-electron chi connectivity index (χ1n) is 8.54. The van der Waals surface area contributed by atoms with Crippen molar-refractivity contribution in [1.82, 2.24) is 0 Å². The van der Waals surface area contributed by atoms with Gasteiger partial charge in [0.15, 0.2) is 0 Å². The molecule has 0 saturated heterocycles. The van der Waals surface area contributed by atoms with Gasteiger partial charge in [-0.2, -0.15) is 0 Å². The fourth-order valence-electron chi connectivity index (χ4n) is 2.85. The first-order valence-corrected chi connectivity index (χ1v) is 8.92. The summed E-state index contributed by atoms with van der Waals surface area (Å²) in [5, 5.41) is 6.32. The van der Waals surface area contributed by atoms with E-state index in [1.165, 1.54) is 0 Å². The molecular weight excluding hydrogens is 350 g/mol. The zero-order valence-electron chi connectivity index (χ0n) is 15.0. The molecule has 6 heteroatoms. The SMILES string of the molecule is CC1CC1C(=O)Nc1cccc(C(=O)Nc2cc(Cl)ccc2N(C)C)c1. The fourth-order valence-corrected chi connectivity index (χ4v) is 3.03. The van der Waals surface area contributed by atoms with E-state index in [4.69, 9.17) is 11.6 Å². The van der Waals surface area contributed by atoms with Crippen LogP contribution in [-0.2, 0) is 4.79 Å². The topological polar surface area (TPSA) is 61.4 Å². The molecule has 2 aromatic rings. The molecule has 5 nitrogen and oxygen atoms in total. The van der Waals surface area contributed by atoms with E-state index in [0.717, 1.165) is 12.1 Å². The number of halogens is 1. The molecule has 0 aliphatic heterocycles. The maximum Gasteiger partial charge on any atom is 0.255 e. The number of anilines is 3. The molecule has 1 fully saturated rings.